The van der Waals surface area contributed by atoms with E-state index >= 15 is 0 Å². The van der Waals surface area contributed by atoms with Crippen LogP contribution in [0.25, 0.3) is 0 Å². The Morgan fingerprint density at radius 2 is 2.05 bits per heavy atom. The molecule has 3 nitrogen and oxygen atoms in total. The molecule has 1 aromatic carbocycles. The number of thioether (sulfide) groups is 1. The molecule has 1 rings (SSSR count). The molecular weight excluding hydrogens is 291 g/mol. The molecule has 7 heteroatoms. The van der Waals surface area contributed by atoms with Crippen molar-refractivity contribution in [3.8, 4) is 6.07 Å². The summed E-state index contributed by atoms with van der Waals surface area (Å²) in [6, 6.07) is 4.20. The van der Waals surface area contributed by atoms with Crippen molar-refractivity contribution in [3.63, 3.8) is 0 Å². The Balaban J connectivity index is 3.35. The van der Waals surface area contributed by atoms with Crippen LogP contribution in [0.3, 0.4) is 0 Å². The van der Waals surface area contributed by atoms with Gasteiger partial charge in [0.25, 0.3) is 0 Å². The number of ether oxygens (including phenoxy) is 1. The molecule has 0 radical (unpaired) electrons. The maximum absolute atomic E-state index is 12.5. The predicted molar refractivity (Wildman–Crippen MR) is 68.4 cm³/mol. The molecule has 0 saturated carbocycles. The van der Waals surface area contributed by atoms with Crippen LogP contribution in [0.15, 0.2) is 17.0 Å². The lowest BCUT2D eigenvalue weighted by molar-refractivity contribution is -0.0328. The highest BCUT2D eigenvalue weighted by Crippen LogP contribution is 2.40. The van der Waals surface area contributed by atoms with Crippen LogP contribution < -0.4 is 0 Å². The molecule has 0 spiro atoms. The second-order valence-electron chi connectivity index (χ2n) is 3.73. The van der Waals surface area contributed by atoms with Gasteiger partial charge in [-0.25, -0.2) is 4.79 Å². The molecule has 0 atom stereocenters. The van der Waals surface area contributed by atoms with Crippen molar-refractivity contribution >= 4 is 17.7 Å². The van der Waals surface area contributed by atoms with Crippen molar-refractivity contribution in [3.05, 3.63) is 28.8 Å². The number of carbonyl (C=O) groups is 1. The van der Waals surface area contributed by atoms with Crippen molar-refractivity contribution < 1.29 is 22.7 Å². The molecule has 0 bridgehead atoms. The summed E-state index contributed by atoms with van der Waals surface area (Å²) in [5.74, 6) is -0.740. The first kappa shape index (κ1) is 16.4. The van der Waals surface area contributed by atoms with Gasteiger partial charge >= 0.3 is 11.5 Å². The number of nitrogens with zero attached hydrogens (tertiary/aromatic N) is 1. The van der Waals surface area contributed by atoms with Gasteiger partial charge in [-0.05, 0) is 42.8 Å². The first-order valence-corrected chi connectivity index (χ1v) is 6.63. The molecular formula is C13H12F3NO2S. The molecule has 0 aromatic heterocycles. The second-order valence-corrected chi connectivity index (χ2v) is 4.84. The zero-order valence-corrected chi connectivity index (χ0v) is 11.7. The fraction of sp³-hybridized carbons (Fsp3) is 0.385. The fourth-order valence-corrected chi connectivity index (χ4v) is 2.47. The first-order valence-electron chi connectivity index (χ1n) is 5.82. The van der Waals surface area contributed by atoms with Gasteiger partial charge in [0.15, 0.2) is 0 Å². The van der Waals surface area contributed by atoms with Gasteiger partial charge in [-0.15, -0.1) is 0 Å². The molecule has 0 heterocycles. The van der Waals surface area contributed by atoms with Crippen molar-refractivity contribution in [1.29, 1.82) is 5.26 Å². The highest BCUT2D eigenvalue weighted by atomic mass is 32.2. The van der Waals surface area contributed by atoms with E-state index in [1.165, 1.54) is 6.07 Å². The lowest BCUT2D eigenvalue weighted by Gasteiger charge is -2.13. The van der Waals surface area contributed by atoms with Crippen LogP contribution in [0, 0.1) is 11.3 Å². The molecule has 20 heavy (non-hydrogen) atoms. The standard InChI is InChI=1S/C13H12F3NO2S/c1-3-10-9(7-17)5-8(12(18)19-4-2)6-11(10)20-13(14,15)16/h5-6H,3-4H2,1-2H3. The first-order chi connectivity index (χ1) is 9.32. The molecule has 0 N–H and O–H groups in total. The molecule has 0 fully saturated rings. The van der Waals surface area contributed by atoms with Gasteiger partial charge in [0.1, 0.15) is 0 Å². The SMILES string of the molecule is CCOC(=O)c1cc(C#N)c(CC)c(SC(F)(F)F)c1. The fourth-order valence-electron chi connectivity index (χ4n) is 1.66. The molecule has 0 aliphatic rings. The topological polar surface area (TPSA) is 50.1 Å². The third-order valence-corrected chi connectivity index (χ3v) is 3.24. The highest BCUT2D eigenvalue weighted by Gasteiger charge is 2.31. The van der Waals surface area contributed by atoms with E-state index < -0.39 is 11.5 Å². The summed E-state index contributed by atoms with van der Waals surface area (Å²) in [6.07, 6.45) is 0.268. The summed E-state index contributed by atoms with van der Waals surface area (Å²) in [7, 11) is 0. The van der Waals surface area contributed by atoms with Gasteiger partial charge in [0.05, 0.1) is 23.8 Å². The molecule has 1 aromatic rings. The Hall–Kier alpha value is -1.68. The number of carbonyl (C=O) groups excluding carboxylic acids is 1. The monoisotopic (exact) mass is 303 g/mol. The van der Waals surface area contributed by atoms with Crippen LogP contribution in [-0.4, -0.2) is 18.1 Å². The Morgan fingerprint density at radius 3 is 2.50 bits per heavy atom. The van der Waals surface area contributed by atoms with E-state index in [4.69, 9.17) is 10.00 Å². The van der Waals surface area contributed by atoms with E-state index in [9.17, 15) is 18.0 Å². The van der Waals surface area contributed by atoms with Crippen LogP contribution in [0.2, 0.25) is 0 Å². The van der Waals surface area contributed by atoms with Crippen molar-refractivity contribution in [2.75, 3.05) is 6.61 Å². The van der Waals surface area contributed by atoms with E-state index in [-0.39, 0.29) is 46.4 Å². The molecule has 0 saturated heterocycles. The zero-order chi connectivity index (χ0) is 15.3. The van der Waals surface area contributed by atoms with Crippen molar-refractivity contribution in [1.82, 2.24) is 0 Å². The maximum Gasteiger partial charge on any atom is 0.446 e. The van der Waals surface area contributed by atoms with Gasteiger partial charge in [0, 0.05) is 4.90 Å². The number of benzene rings is 1. The molecule has 0 unspecified atom stereocenters. The number of alkyl halides is 3. The van der Waals surface area contributed by atoms with E-state index in [0.29, 0.717) is 0 Å². The summed E-state index contributed by atoms with van der Waals surface area (Å²) in [5, 5.41) is 9.02. The number of esters is 1. The normalized spacial score (nSPS) is 11.0. The van der Waals surface area contributed by atoms with E-state index in [1.807, 2.05) is 6.07 Å². The van der Waals surface area contributed by atoms with Gasteiger partial charge in [-0.2, -0.15) is 18.4 Å². The quantitative estimate of drug-likeness (QED) is 0.625. The number of halogens is 3. The molecule has 108 valence electrons. The van der Waals surface area contributed by atoms with Crippen molar-refractivity contribution in [2.24, 2.45) is 0 Å². The molecule has 0 aliphatic heterocycles. The Morgan fingerprint density at radius 1 is 1.40 bits per heavy atom. The van der Waals surface area contributed by atoms with Crippen LogP contribution in [0.4, 0.5) is 13.2 Å². The van der Waals surface area contributed by atoms with Crippen molar-refractivity contribution in [2.45, 2.75) is 30.7 Å². The summed E-state index contributed by atoms with van der Waals surface area (Å²) in [4.78, 5) is 11.5. The number of nitriles is 1. The van der Waals surface area contributed by atoms with Crippen LogP contribution in [0.1, 0.15) is 35.3 Å². The maximum atomic E-state index is 12.5. The van der Waals surface area contributed by atoms with Crippen LogP contribution in [0.5, 0.6) is 0 Å². The van der Waals surface area contributed by atoms with Crippen LogP contribution in [-0.2, 0) is 11.2 Å². The minimum atomic E-state index is -4.48. The summed E-state index contributed by atoms with van der Waals surface area (Å²) in [6.45, 7) is 3.35. The molecule has 0 aliphatic carbocycles. The Bertz CT molecular complexity index is 550. The summed E-state index contributed by atoms with van der Waals surface area (Å²) < 4.78 is 42.4. The van der Waals surface area contributed by atoms with E-state index in [1.54, 1.807) is 13.8 Å². The van der Waals surface area contributed by atoms with Gasteiger partial charge < -0.3 is 4.74 Å². The van der Waals surface area contributed by atoms with E-state index in [0.717, 1.165) is 6.07 Å². The van der Waals surface area contributed by atoms with Gasteiger partial charge in [-0.3, -0.25) is 0 Å². The van der Waals surface area contributed by atoms with Crippen LogP contribution >= 0.6 is 11.8 Å². The lowest BCUT2D eigenvalue weighted by atomic mass is 10.0. The third-order valence-electron chi connectivity index (χ3n) is 2.42. The number of hydrogen-bond donors (Lipinski definition) is 0. The average molecular weight is 303 g/mol. The Kier molecular flexibility index (Phi) is 5.45. The third kappa shape index (κ3) is 4.17. The summed E-state index contributed by atoms with van der Waals surface area (Å²) in [5.41, 5.74) is -4.19. The minimum absolute atomic E-state index is 0.0488. The largest absolute Gasteiger partial charge is 0.462 e. The molecule has 0 amide bonds. The lowest BCUT2D eigenvalue weighted by Crippen LogP contribution is -2.08. The predicted octanol–water partition coefficient (Wildman–Crippen LogP) is 3.91. The number of rotatable bonds is 4. The van der Waals surface area contributed by atoms with Gasteiger partial charge in [0.2, 0.25) is 0 Å². The smallest absolute Gasteiger partial charge is 0.446 e. The highest BCUT2D eigenvalue weighted by molar-refractivity contribution is 8.00. The second kappa shape index (κ2) is 6.66. The minimum Gasteiger partial charge on any atom is -0.462 e. The zero-order valence-electron chi connectivity index (χ0n) is 10.9. The average Bonchev–Trinajstić information content (AvgIpc) is 2.36. The number of hydrogen-bond acceptors (Lipinski definition) is 4. The Labute approximate surface area is 118 Å². The van der Waals surface area contributed by atoms with E-state index in [2.05, 4.69) is 0 Å². The summed E-state index contributed by atoms with van der Waals surface area (Å²) >= 11 is -0.328. The van der Waals surface area contributed by atoms with Gasteiger partial charge in [-0.1, -0.05) is 6.92 Å².